The van der Waals surface area contributed by atoms with Gasteiger partial charge >= 0.3 is 17.9 Å². The van der Waals surface area contributed by atoms with Gasteiger partial charge in [0, 0.05) is 31.3 Å². The fourth-order valence-corrected chi connectivity index (χ4v) is 2.26. The average Bonchev–Trinajstić information content (AvgIpc) is 3.34. The number of rotatable bonds is 9. The first-order valence-electron chi connectivity index (χ1n) is 9.36. The number of aromatic nitrogens is 2. The van der Waals surface area contributed by atoms with Gasteiger partial charge in [-0.2, -0.15) is 0 Å². The number of hydrogen-bond acceptors (Lipinski definition) is 9. The Kier molecular flexibility index (Phi) is 14.0. The molecule has 1 saturated heterocycles. The topological polar surface area (TPSA) is 251 Å². The molecular weight excluding hydrogens is 400 g/mol. The van der Waals surface area contributed by atoms with Gasteiger partial charge in [-0.15, -0.1) is 0 Å². The number of carboxylic acid groups (broad SMARTS) is 3. The molecule has 0 aromatic carbocycles. The highest BCUT2D eigenvalue weighted by atomic mass is 16.4. The second kappa shape index (κ2) is 15.3. The Balaban J connectivity index is 0.000000423. The lowest BCUT2D eigenvalue weighted by Crippen LogP contribution is -2.32. The summed E-state index contributed by atoms with van der Waals surface area (Å²) >= 11 is 0. The number of carboxylic acids is 3. The summed E-state index contributed by atoms with van der Waals surface area (Å²) in [4.78, 5) is 37.1. The van der Waals surface area contributed by atoms with Gasteiger partial charge in [0.15, 0.2) is 0 Å². The highest BCUT2D eigenvalue weighted by molar-refractivity contribution is 5.74. The zero-order valence-corrected chi connectivity index (χ0v) is 16.6. The lowest BCUT2D eigenvalue weighted by Gasteiger charge is -2.03. The number of unbranched alkanes of at least 4 members (excludes halogenated alkanes) is 1. The third kappa shape index (κ3) is 12.8. The molecule has 0 bridgehead atoms. The van der Waals surface area contributed by atoms with Crippen molar-refractivity contribution in [1.82, 2.24) is 15.3 Å². The third-order valence-corrected chi connectivity index (χ3v) is 4.00. The molecule has 1 aromatic rings. The minimum atomic E-state index is -1.00. The number of aliphatic hydroxyl groups excluding tert-OH is 1. The minimum absolute atomic E-state index is 0.287. The van der Waals surface area contributed by atoms with Crippen molar-refractivity contribution in [3.8, 4) is 0 Å². The first-order chi connectivity index (χ1) is 14.1. The maximum atomic E-state index is 10.3. The fraction of sp³-hybridized carbons (Fsp3) is 0.647. The number of nitrogens with two attached hydrogens (primary N) is 3. The highest BCUT2D eigenvalue weighted by Crippen LogP contribution is 2.05. The molecule has 13 nitrogen and oxygen atoms in total. The van der Waals surface area contributed by atoms with Gasteiger partial charge in [0.05, 0.1) is 12.4 Å². The van der Waals surface area contributed by atoms with Crippen LogP contribution < -0.4 is 22.5 Å². The Morgan fingerprint density at radius 2 is 1.77 bits per heavy atom. The van der Waals surface area contributed by atoms with Gasteiger partial charge in [-0.05, 0) is 19.4 Å². The molecule has 2 unspecified atom stereocenters. The fourth-order valence-electron chi connectivity index (χ4n) is 2.26. The Labute approximate surface area is 173 Å². The summed E-state index contributed by atoms with van der Waals surface area (Å²) in [6, 6.07) is -2.11. The predicted octanol–water partition coefficient (Wildman–Crippen LogP) is -2.31. The predicted molar refractivity (Wildman–Crippen MR) is 106 cm³/mol. The molecule has 0 radical (unpaired) electrons. The van der Waals surface area contributed by atoms with E-state index in [1.807, 2.05) is 0 Å². The van der Waals surface area contributed by atoms with Gasteiger partial charge in [0.25, 0.3) is 0 Å². The smallest absolute Gasteiger partial charge is 0.320 e. The minimum Gasteiger partial charge on any atom is -0.480 e. The molecule has 4 atom stereocenters. The Hall–Kier alpha value is -2.58. The number of hydrogen-bond donors (Lipinski definition) is 9. The van der Waals surface area contributed by atoms with Crippen molar-refractivity contribution in [2.24, 2.45) is 17.2 Å². The summed E-state index contributed by atoms with van der Waals surface area (Å²) in [6.07, 6.45) is 5.35. The van der Waals surface area contributed by atoms with Gasteiger partial charge in [-0.3, -0.25) is 14.4 Å². The van der Waals surface area contributed by atoms with E-state index in [1.54, 1.807) is 6.20 Å². The zero-order chi connectivity index (χ0) is 23.1. The zero-order valence-electron chi connectivity index (χ0n) is 16.6. The van der Waals surface area contributed by atoms with Crippen molar-refractivity contribution in [2.75, 3.05) is 13.1 Å². The Morgan fingerprint density at radius 3 is 2.13 bits per heavy atom. The first kappa shape index (κ1) is 27.4. The van der Waals surface area contributed by atoms with Crippen LogP contribution in [0, 0.1) is 0 Å². The van der Waals surface area contributed by atoms with E-state index in [1.165, 1.54) is 6.33 Å². The van der Waals surface area contributed by atoms with Gasteiger partial charge < -0.3 is 47.9 Å². The number of aliphatic hydroxyl groups is 1. The monoisotopic (exact) mass is 432 g/mol. The van der Waals surface area contributed by atoms with Crippen LogP contribution in [0.2, 0.25) is 0 Å². The molecule has 1 aromatic heterocycles. The molecule has 2 heterocycles. The van der Waals surface area contributed by atoms with Crippen LogP contribution in [0.4, 0.5) is 0 Å². The molecule has 13 heteroatoms. The molecule has 2 rings (SSSR count). The summed E-state index contributed by atoms with van der Waals surface area (Å²) < 4.78 is 0. The van der Waals surface area contributed by atoms with Crippen LogP contribution >= 0.6 is 0 Å². The van der Waals surface area contributed by atoms with Crippen molar-refractivity contribution < 1.29 is 34.8 Å². The number of aliphatic carboxylic acids is 3. The Morgan fingerprint density at radius 1 is 1.13 bits per heavy atom. The molecule has 0 amide bonds. The van der Waals surface area contributed by atoms with Crippen LogP contribution in [-0.4, -0.2) is 85.6 Å². The number of aromatic amines is 1. The molecule has 0 spiro atoms. The van der Waals surface area contributed by atoms with E-state index in [4.69, 9.17) is 37.6 Å². The second-order valence-corrected chi connectivity index (χ2v) is 6.64. The van der Waals surface area contributed by atoms with E-state index in [9.17, 15) is 14.4 Å². The van der Waals surface area contributed by atoms with Crippen LogP contribution in [-0.2, 0) is 20.8 Å². The third-order valence-electron chi connectivity index (χ3n) is 4.00. The molecule has 0 aliphatic carbocycles. The molecule has 172 valence electrons. The molecular formula is C17H32N6O7. The van der Waals surface area contributed by atoms with Gasteiger partial charge in [-0.1, -0.05) is 6.42 Å². The van der Waals surface area contributed by atoms with E-state index in [0.717, 1.165) is 18.5 Å². The maximum absolute atomic E-state index is 10.3. The number of H-pyrrole nitrogens is 1. The van der Waals surface area contributed by atoms with E-state index in [0.29, 0.717) is 25.9 Å². The second-order valence-electron chi connectivity index (χ2n) is 6.64. The van der Waals surface area contributed by atoms with Crippen molar-refractivity contribution in [2.45, 2.75) is 56.3 Å². The highest BCUT2D eigenvalue weighted by Gasteiger charge is 2.27. The molecule has 30 heavy (non-hydrogen) atoms. The summed E-state index contributed by atoms with van der Waals surface area (Å²) in [5, 5.41) is 36.6. The summed E-state index contributed by atoms with van der Waals surface area (Å²) in [5.41, 5.74) is 16.4. The molecule has 0 saturated carbocycles. The summed E-state index contributed by atoms with van der Waals surface area (Å²) in [6.45, 7) is 1.00. The SMILES string of the molecule is NC(Cc1cnc[nH]1)C(=O)O.NCCCCC(N)C(=O)O.O=C(O)[C@@H]1C[C@@H](O)CN1. The molecule has 1 fully saturated rings. The first-order valence-corrected chi connectivity index (χ1v) is 9.36. The van der Waals surface area contributed by atoms with Crippen molar-refractivity contribution in [1.29, 1.82) is 0 Å². The van der Waals surface area contributed by atoms with E-state index in [-0.39, 0.29) is 6.42 Å². The number of carbonyl (C=O) groups is 3. The van der Waals surface area contributed by atoms with Gasteiger partial charge in [0.1, 0.15) is 18.1 Å². The largest absolute Gasteiger partial charge is 0.480 e. The number of nitrogens with one attached hydrogen (secondary N) is 2. The lowest BCUT2D eigenvalue weighted by atomic mass is 10.1. The number of nitrogens with zero attached hydrogens (tertiary/aromatic N) is 1. The van der Waals surface area contributed by atoms with Gasteiger partial charge in [-0.25, -0.2) is 4.98 Å². The Bertz CT molecular complexity index is 628. The van der Waals surface area contributed by atoms with E-state index < -0.39 is 42.1 Å². The normalized spacial score (nSPS) is 19.5. The molecule has 12 N–H and O–H groups in total. The van der Waals surface area contributed by atoms with Crippen LogP contribution in [0.25, 0.3) is 0 Å². The van der Waals surface area contributed by atoms with Crippen LogP contribution in [0.1, 0.15) is 31.4 Å². The van der Waals surface area contributed by atoms with Crippen molar-refractivity contribution >= 4 is 17.9 Å². The van der Waals surface area contributed by atoms with E-state index >= 15 is 0 Å². The van der Waals surface area contributed by atoms with Crippen LogP contribution in [0.5, 0.6) is 0 Å². The molecule has 1 aliphatic rings. The standard InChI is InChI=1S/C6H9N3O2.C6H14N2O2.C5H9NO3/c7-5(6(10)11)1-4-2-8-3-9-4;7-4-2-1-3-5(8)6(9)10;7-3-1-4(5(8)9)6-2-3/h2-3,5H,1,7H2,(H,8,9)(H,10,11);5H,1-4,7-8H2,(H,9,10);3-4,6-7H,1-2H2,(H,8,9)/t;;3-,4+/m..1/s1. The number of imidazole rings is 1. The average molecular weight is 432 g/mol. The lowest BCUT2D eigenvalue weighted by molar-refractivity contribution is -0.140. The summed E-state index contributed by atoms with van der Waals surface area (Å²) in [5.74, 6) is -2.82. The maximum Gasteiger partial charge on any atom is 0.320 e. The quantitative estimate of drug-likeness (QED) is 0.186. The van der Waals surface area contributed by atoms with E-state index in [2.05, 4.69) is 15.3 Å². The molecule has 1 aliphatic heterocycles. The van der Waals surface area contributed by atoms with Crippen molar-refractivity contribution in [3.05, 3.63) is 18.2 Å². The van der Waals surface area contributed by atoms with Gasteiger partial charge in [0.2, 0.25) is 0 Å². The van der Waals surface area contributed by atoms with Crippen LogP contribution in [0.15, 0.2) is 12.5 Å². The van der Waals surface area contributed by atoms with Crippen LogP contribution in [0.3, 0.4) is 0 Å². The number of β-amino-alcohol motifs (C(OH)–C–C–N with tert-alkyl or cyclic N) is 1. The van der Waals surface area contributed by atoms with Crippen molar-refractivity contribution in [3.63, 3.8) is 0 Å². The summed E-state index contributed by atoms with van der Waals surface area (Å²) in [7, 11) is 0.